The van der Waals surface area contributed by atoms with Crippen LogP contribution in [-0.4, -0.2) is 10.9 Å². The van der Waals surface area contributed by atoms with Gasteiger partial charge in [-0.1, -0.05) is 25.6 Å². The molecule has 2 aromatic carbocycles. The lowest BCUT2D eigenvalue weighted by molar-refractivity contribution is -0.111. The predicted molar refractivity (Wildman–Crippen MR) is 104 cm³/mol. The summed E-state index contributed by atoms with van der Waals surface area (Å²) in [5, 5.41) is 16.3. The van der Waals surface area contributed by atoms with Crippen molar-refractivity contribution in [2.75, 3.05) is 10.6 Å². The van der Waals surface area contributed by atoms with E-state index in [9.17, 15) is 10.1 Å². The van der Waals surface area contributed by atoms with Crippen molar-refractivity contribution in [3.63, 3.8) is 0 Å². The highest BCUT2D eigenvalue weighted by Gasteiger charge is 2.11. The molecular formula is C21H18N4O. The number of hydrogen-bond donors (Lipinski definition) is 2. The molecule has 3 rings (SSSR count). The van der Waals surface area contributed by atoms with Gasteiger partial charge in [0.15, 0.2) is 0 Å². The molecule has 0 saturated heterocycles. The number of benzene rings is 2. The third-order valence-corrected chi connectivity index (χ3v) is 4.05. The van der Waals surface area contributed by atoms with E-state index in [1.807, 2.05) is 18.2 Å². The number of nitriles is 1. The lowest BCUT2D eigenvalue weighted by Crippen LogP contribution is -2.07. The summed E-state index contributed by atoms with van der Waals surface area (Å²) >= 11 is 0. The van der Waals surface area contributed by atoms with Gasteiger partial charge in [0, 0.05) is 23.0 Å². The highest BCUT2D eigenvalue weighted by molar-refractivity contribution is 6.02. The summed E-state index contributed by atoms with van der Waals surface area (Å²) in [6.45, 7) is 5.55. The van der Waals surface area contributed by atoms with Gasteiger partial charge in [0.1, 0.15) is 6.07 Å². The van der Waals surface area contributed by atoms with E-state index in [0.717, 1.165) is 23.0 Å². The van der Waals surface area contributed by atoms with Crippen LogP contribution in [0.1, 0.15) is 18.1 Å². The summed E-state index contributed by atoms with van der Waals surface area (Å²) in [6.07, 6.45) is 3.69. The Hall–Kier alpha value is -3.65. The minimum atomic E-state index is -0.293. The average molecular weight is 342 g/mol. The highest BCUT2D eigenvalue weighted by Crippen LogP contribution is 2.31. The number of aromatic nitrogens is 1. The Morgan fingerprint density at radius 2 is 2.12 bits per heavy atom. The van der Waals surface area contributed by atoms with E-state index in [1.165, 1.54) is 11.6 Å². The van der Waals surface area contributed by atoms with E-state index in [0.29, 0.717) is 16.9 Å². The molecule has 1 aromatic heterocycles. The Morgan fingerprint density at radius 3 is 2.85 bits per heavy atom. The Kier molecular flexibility index (Phi) is 4.95. The summed E-state index contributed by atoms with van der Waals surface area (Å²) in [5.74, 6) is -0.293. The van der Waals surface area contributed by atoms with Crippen molar-refractivity contribution < 1.29 is 4.79 Å². The van der Waals surface area contributed by atoms with Gasteiger partial charge < -0.3 is 10.6 Å². The molecule has 128 valence electrons. The first-order valence-electron chi connectivity index (χ1n) is 8.27. The lowest BCUT2D eigenvalue weighted by atomic mass is 10.1. The number of hydrogen-bond acceptors (Lipinski definition) is 4. The molecule has 1 amide bonds. The number of aryl methyl sites for hydroxylation is 1. The second-order valence-electron chi connectivity index (χ2n) is 5.76. The van der Waals surface area contributed by atoms with Gasteiger partial charge in [-0.25, -0.2) is 0 Å². The van der Waals surface area contributed by atoms with Crippen molar-refractivity contribution in [3.8, 4) is 6.07 Å². The standard InChI is InChI=1S/C21H18N4O/c1-3-14-6-5-7-16(10-14)25-21-15(12-22)13-23-19-9-8-17(11-18(19)21)24-20(26)4-2/h4-11,13H,2-3H2,1H3,(H,23,25)(H,24,26). The van der Waals surface area contributed by atoms with Crippen molar-refractivity contribution in [1.82, 2.24) is 4.98 Å². The second kappa shape index (κ2) is 7.49. The quantitative estimate of drug-likeness (QED) is 0.667. The van der Waals surface area contributed by atoms with Crippen LogP contribution in [-0.2, 0) is 11.2 Å². The minimum absolute atomic E-state index is 0.293. The molecule has 0 radical (unpaired) electrons. The molecule has 0 saturated carbocycles. The molecular weight excluding hydrogens is 324 g/mol. The Balaban J connectivity index is 2.11. The first kappa shape index (κ1) is 17.2. The van der Waals surface area contributed by atoms with Gasteiger partial charge in [0.05, 0.1) is 16.8 Å². The van der Waals surface area contributed by atoms with Gasteiger partial charge in [0.2, 0.25) is 5.91 Å². The monoisotopic (exact) mass is 342 g/mol. The smallest absolute Gasteiger partial charge is 0.247 e. The summed E-state index contributed by atoms with van der Waals surface area (Å²) < 4.78 is 0. The van der Waals surface area contributed by atoms with Crippen LogP contribution >= 0.6 is 0 Å². The average Bonchev–Trinajstić information content (AvgIpc) is 2.68. The van der Waals surface area contributed by atoms with Crippen molar-refractivity contribution in [1.29, 1.82) is 5.26 Å². The molecule has 0 spiro atoms. The second-order valence-corrected chi connectivity index (χ2v) is 5.76. The normalized spacial score (nSPS) is 10.2. The minimum Gasteiger partial charge on any atom is -0.354 e. The molecule has 3 aromatic rings. The third kappa shape index (κ3) is 3.55. The van der Waals surface area contributed by atoms with E-state index < -0.39 is 0 Å². The topological polar surface area (TPSA) is 77.8 Å². The van der Waals surface area contributed by atoms with Crippen molar-refractivity contribution in [2.24, 2.45) is 0 Å². The predicted octanol–water partition coefficient (Wildman–Crippen LogP) is 4.54. The molecule has 0 aliphatic rings. The molecule has 0 bridgehead atoms. The summed E-state index contributed by atoms with van der Waals surface area (Å²) in [5.41, 5.74) is 4.55. The molecule has 0 atom stereocenters. The number of carbonyl (C=O) groups is 1. The molecule has 26 heavy (non-hydrogen) atoms. The van der Waals surface area contributed by atoms with Crippen LogP contribution in [0.4, 0.5) is 17.1 Å². The first-order chi connectivity index (χ1) is 12.6. The van der Waals surface area contributed by atoms with Gasteiger partial charge >= 0.3 is 0 Å². The SMILES string of the molecule is C=CC(=O)Nc1ccc2ncc(C#N)c(Nc3cccc(CC)c3)c2c1. The lowest BCUT2D eigenvalue weighted by Gasteiger charge is -2.13. The number of amides is 1. The molecule has 0 aliphatic heterocycles. The van der Waals surface area contributed by atoms with Crippen LogP contribution in [0.5, 0.6) is 0 Å². The maximum atomic E-state index is 11.6. The number of nitrogens with zero attached hydrogens (tertiary/aromatic N) is 2. The van der Waals surface area contributed by atoms with E-state index in [4.69, 9.17) is 0 Å². The van der Waals surface area contributed by atoms with Gasteiger partial charge in [-0.2, -0.15) is 5.26 Å². The summed E-state index contributed by atoms with van der Waals surface area (Å²) in [7, 11) is 0. The number of carbonyl (C=O) groups excluding carboxylic acids is 1. The van der Waals surface area contributed by atoms with Gasteiger partial charge in [-0.15, -0.1) is 0 Å². The number of rotatable bonds is 5. The van der Waals surface area contributed by atoms with Crippen LogP contribution in [0.15, 0.2) is 61.3 Å². The summed E-state index contributed by atoms with van der Waals surface area (Å²) in [6, 6.07) is 15.6. The van der Waals surface area contributed by atoms with Gasteiger partial charge in [-0.05, 0) is 48.4 Å². The maximum Gasteiger partial charge on any atom is 0.247 e. The van der Waals surface area contributed by atoms with Gasteiger partial charge in [-0.3, -0.25) is 9.78 Å². The maximum absolute atomic E-state index is 11.6. The highest BCUT2D eigenvalue weighted by atomic mass is 16.1. The Labute approximate surface area is 152 Å². The fourth-order valence-electron chi connectivity index (χ4n) is 2.70. The number of pyridine rings is 1. The van der Waals surface area contributed by atoms with Crippen molar-refractivity contribution >= 4 is 33.9 Å². The van der Waals surface area contributed by atoms with Crippen molar-refractivity contribution in [2.45, 2.75) is 13.3 Å². The summed E-state index contributed by atoms with van der Waals surface area (Å²) in [4.78, 5) is 15.9. The van der Waals surface area contributed by atoms with Crippen LogP contribution in [0, 0.1) is 11.3 Å². The molecule has 0 unspecified atom stereocenters. The van der Waals surface area contributed by atoms with E-state index >= 15 is 0 Å². The molecule has 5 heteroatoms. The largest absolute Gasteiger partial charge is 0.354 e. The molecule has 5 nitrogen and oxygen atoms in total. The molecule has 2 N–H and O–H groups in total. The van der Waals surface area contributed by atoms with Crippen molar-refractivity contribution in [3.05, 3.63) is 72.4 Å². The zero-order chi connectivity index (χ0) is 18.5. The number of fused-ring (bicyclic) bond motifs is 1. The molecule has 1 heterocycles. The van der Waals surface area contributed by atoms with Crippen LogP contribution in [0.2, 0.25) is 0 Å². The Morgan fingerprint density at radius 1 is 1.27 bits per heavy atom. The van der Waals surface area contributed by atoms with E-state index in [-0.39, 0.29) is 5.91 Å². The fraction of sp³-hybridized carbons (Fsp3) is 0.0952. The third-order valence-electron chi connectivity index (χ3n) is 4.05. The van der Waals surface area contributed by atoms with Gasteiger partial charge in [0.25, 0.3) is 0 Å². The Bertz CT molecular complexity index is 1030. The molecule has 0 fully saturated rings. The van der Waals surface area contributed by atoms with Crippen LogP contribution < -0.4 is 10.6 Å². The molecule has 0 aliphatic carbocycles. The zero-order valence-corrected chi connectivity index (χ0v) is 14.4. The van der Waals surface area contributed by atoms with E-state index in [1.54, 1.807) is 18.3 Å². The fourth-order valence-corrected chi connectivity index (χ4v) is 2.70. The number of nitrogens with one attached hydrogen (secondary N) is 2. The zero-order valence-electron chi connectivity index (χ0n) is 14.4. The number of anilines is 3. The van der Waals surface area contributed by atoms with Crippen LogP contribution in [0.3, 0.4) is 0 Å². The van der Waals surface area contributed by atoms with E-state index in [2.05, 4.69) is 47.3 Å². The van der Waals surface area contributed by atoms with Crippen LogP contribution in [0.25, 0.3) is 10.9 Å². The first-order valence-corrected chi connectivity index (χ1v) is 8.27.